The van der Waals surface area contributed by atoms with Crippen molar-refractivity contribution in [2.75, 3.05) is 13.1 Å². The first-order valence-corrected chi connectivity index (χ1v) is 8.57. The summed E-state index contributed by atoms with van der Waals surface area (Å²) in [5.41, 5.74) is 0.990. The maximum Gasteiger partial charge on any atom is 0.261 e. The lowest BCUT2D eigenvalue weighted by molar-refractivity contribution is 0.0773. The number of nitrogens with zero attached hydrogens (tertiary/aromatic N) is 1. The fourth-order valence-corrected chi connectivity index (χ4v) is 2.76. The second kappa shape index (κ2) is 6.90. The van der Waals surface area contributed by atoms with Crippen molar-refractivity contribution in [3.63, 3.8) is 0 Å². The minimum Gasteiger partial charge on any atom is -0.335 e. The molecule has 6 heteroatoms. The smallest absolute Gasteiger partial charge is 0.261 e. The molecule has 20 heavy (non-hydrogen) atoms. The first-order valence-electron chi connectivity index (χ1n) is 6.26. The highest BCUT2D eigenvalue weighted by molar-refractivity contribution is 8.13. The van der Waals surface area contributed by atoms with Gasteiger partial charge in [-0.15, -0.1) is 6.58 Å². The van der Waals surface area contributed by atoms with E-state index >= 15 is 0 Å². The van der Waals surface area contributed by atoms with Crippen LogP contribution in [0.1, 0.15) is 29.3 Å². The third-order valence-electron chi connectivity index (χ3n) is 2.71. The summed E-state index contributed by atoms with van der Waals surface area (Å²) in [6.07, 6.45) is 2.45. The van der Waals surface area contributed by atoms with Gasteiger partial charge in [-0.1, -0.05) is 13.0 Å². The van der Waals surface area contributed by atoms with Crippen LogP contribution in [0.2, 0.25) is 0 Å². The van der Waals surface area contributed by atoms with Gasteiger partial charge >= 0.3 is 0 Å². The van der Waals surface area contributed by atoms with Gasteiger partial charge in [0.1, 0.15) is 0 Å². The van der Waals surface area contributed by atoms with Crippen LogP contribution in [0.4, 0.5) is 0 Å². The van der Waals surface area contributed by atoms with Gasteiger partial charge in [-0.25, -0.2) is 8.42 Å². The highest BCUT2D eigenvalue weighted by atomic mass is 35.7. The van der Waals surface area contributed by atoms with E-state index in [1.54, 1.807) is 24.0 Å². The van der Waals surface area contributed by atoms with E-state index in [4.69, 9.17) is 10.7 Å². The number of benzene rings is 1. The molecule has 0 N–H and O–H groups in total. The molecule has 0 saturated heterocycles. The van der Waals surface area contributed by atoms with Crippen LogP contribution < -0.4 is 0 Å². The molecule has 4 nitrogen and oxygen atoms in total. The lowest BCUT2D eigenvalue weighted by Gasteiger charge is -2.20. The van der Waals surface area contributed by atoms with Crippen LogP contribution >= 0.6 is 10.7 Å². The van der Waals surface area contributed by atoms with E-state index in [9.17, 15) is 13.2 Å². The third-order valence-corrected chi connectivity index (χ3v) is 4.04. The Labute approximate surface area is 124 Å². The van der Waals surface area contributed by atoms with Crippen LogP contribution in [-0.2, 0) is 9.05 Å². The molecule has 0 aliphatic heterocycles. The Morgan fingerprint density at radius 3 is 2.55 bits per heavy atom. The second-order valence-corrected chi connectivity index (χ2v) is 7.08. The van der Waals surface area contributed by atoms with E-state index in [1.165, 1.54) is 12.1 Å². The van der Waals surface area contributed by atoms with E-state index in [2.05, 4.69) is 6.58 Å². The summed E-state index contributed by atoms with van der Waals surface area (Å²) in [6.45, 7) is 8.32. The number of hydrogen-bond donors (Lipinski definition) is 0. The van der Waals surface area contributed by atoms with E-state index < -0.39 is 9.05 Å². The maximum atomic E-state index is 12.4. The zero-order valence-corrected chi connectivity index (χ0v) is 13.2. The Balaban J connectivity index is 3.21. The van der Waals surface area contributed by atoms with Crippen molar-refractivity contribution < 1.29 is 13.2 Å². The Morgan fingerprint density at radius 1 is 1.40 bits per heavy atom. The zero-order valence-electron chi connectivity index (χ0n) is 11.6. The van der Waals surface area contributed by atoms with Gasteiger partial charge in [-0.05, 0) is 37.1 Å². The number of halogens is 1. The van der Waals surface area contributed by atoms with Gasteiger partial charge in [0, 0.05) is 29.3 Å². The molecule has 1 aromatic carbocycles. The number of aryl methyl sites for hydroxylation is 1. The van der Waals surface area contributed by atoms with Crippen molar-refractivity contribution in [1.82, 2.24) is 4.90 Å². The van der Waals surface area contributed by atoms with E-state index in [1.807, 2.05) is 6.92 Å². The molecule has 1 amide bonds. The summed E-state index contributed by atoms with van der Waals surface area (Å²) in [7, 11) is 1.49. The highest BCUT2D eigenvalue weighted by Gasteiger charge is 2.18. The Morgan fingerprint density at radius 2 is 2.05 bits per heavy atom. The lowest BCUT2D eigenvalue weighted by Crippen LogP contribution is -2.32. The molecule has 0 heterocycles. The van der Waals surface area contributed by atoms with Crippen LogP contribution in [0.25, 0.3) is 0 Å². The van der Waals surface area contributed by atoms with Crippen molar-refractivity contribution in [2.45, 2.75) is 25.2 Å². The van der Waals surface area contributed by atoms with E-state index in [0.29, 0.717) is 24.2 Å². The van der Waals surface area contributed by atoms with Crippen LogP contribution in [0.5, 0.6) is 0 Å². The Kier molecular flexibility index (Phi) is 5.77. The molecule has 0 saturated carbocycles. The fraction of sp³-hybridized carbons (Fsp3) is 0.357. The molecule has 0 radical (unpaired) electrons. The average Bonchev–Trinajstić information content (AvgIpc) is 2.36. The van der Waals surface area contributed by atoms with Gasteiger partial charge in [0.15, 0.2) is 0 Å². The molecular formula is C14H18ClNO3S. The summed E-state index contributed by atoms with van der Waals surface area (Å²) in [6, 6.07) is 4.40. The van der Waals surface area contributed by atoms with E-state index in [-0.39, 0.29) is 10.8 Å². The summed E-state index contributed by atoms with van der Waals surface area (Å²) in [5, 5.41) is 0. The van der Waals surface area contributed by atoms with Crippen LogP contribution in [0.15, 0.2) is 35.7 Å². The first-order chi connectivity index (χ1) is 9.29. The summed E-state index contributed by atoms with van der Waals surface area (Å²) in [5.74, 6) is -0.225. The Hall–Kier alpha value is -1.33. The SMILES string of the molecule is C=CCN(CCC)C(=O)c1cc(C)cc(S(=O)(=O)Cl)c1. The predicted molar refractivity (Wildman–Crippen MR) is 80.6 cm³/mol. The molecule has 110 valence electrons. The molecule has 0 aliphatic carbocycles. The van der Waals surface area contributed by atoms with Gasteiger partial charge in [0.05, 0.1) is 4.90 Å². The largest absolute Gasteiger partial charge is 0.335 e. The molecule has 0 bridgehead atoms. The predicted octanol–water partition coefficient (Wildman–Crippen LogP) is 2.96. The Bertz CT molecular complexity index is 611. The quantitative estimate of drug-likeness (QED) is 0.599. The topological polar surface area (TPSA) is 54.5 Å². The van der Waals surface area contributed by atoms with Crippen LogP contribution in [0, 0.1) is 6.92 Å². The summed E-state index contributed by atoms with van der Waals surface area (Å²) in [4.78, 5) is 14.0. The lowest BCUT2D eigenvalue weighted by atomic mass is 10.1. The minimum atomic E-state index is -3.85. The average molecular weight is 316 g/mol. The van der Waals surface area contributed by atoms with Crippen molar-refractivity contribution in [3.8, 4) is 0 Å². The van der Waals surface area contributed by atoms with Crippen LogP contribution in [-0.4, -0.2) is 32.3 Å². The van der Waals surface area contributed by atoms with Gasteiger partial charge in [0.25, 0.3) is 15.0 Å². The molecule has 0 spiro atoms. The summed E-state index contributed by atoms with van der Waals surface area (Å²) < 4.78 is 22.8. The molecule has 1 rings (SSSR count). The van der Waals surface area contributed by atoms with Crippen molar-refractivity contribution >= 4 is 25.6 Å². The summed E-state index contributed by atoms with van der Waals surface area (Å²) >= 11 is 0. The normalized spacial score (nSPS) is 11.2. The van der Waals surface area contributed by atoms with Gasteiger partial charge in [-0.3, -0.25) is 4.79 Å². The fourth-order valence-electron chi connectivity index (χ4n) is 1.90. The van der Waals surface area contributed by atoms with Gasteiger partial charge in [-0.2, -0.15) is 0 Å². The second-order valence-electron chi connectivity index (χ2n) is 4.51. The first kappa shape index (κ1) is 16.7. The van der Waals surface area contributed by atoms with Crippen LogP contribution in [0.3, 0.4) is 0 Å². The zero-order chi connectivity index (χ0) is 15.3. The molecule has 1 aromatic rings. The third kappa shape index (κ3) is 4.35. The molecule has 0 aromatic heterocycles. The highest BCUT2D eigenvalue weighted by Crippen LogP contribution is 2.20. The molecular weight excluding hydrogens is 298 g/mol. The monoisotopic (exact) mass is 315 g/mol. The van der Waals surface area contributed by atoms with E-state index in [0.717, 1.165) is 6.42 Å². The molecule has 0 aliphatic rings. The molecule has 0 atom stereocenters. The molecule has 0 fully saturated rings. The number of carbonyl (C=O) groups is 1. The number of amides is 1. The minimum absolute atomic E-state index is 0.0578. The number of carbonyl (C=O) groups excluding carboxylic acids is 1. The standard InChI is InChI=1S/C14H18ClNO3S/c1-4-6-16(7-5-2)14(17)12-8-11(3)9-13(10-12)20(15,18)19/h4,8-10H,1,5-7H2,2-3H3. The van der Waals surface area contributed by atoms with Crippen molar-refractivity contribution in [2.24, 2.45) is 0 Å². The van der Waals surface area contributed by atoms with Crippen molar-refractivity contribution in [1.29, 1.82) is 0 Å². The maximum absolute atomic E-state index is 12.4. The van der Waals surface area contributed by atoms with Crippen molar-refractivity contribution in [3.05, 3.63) is 42.0 Å². The number of rotatable bonds is 6. The van der Waals surface area contributed by atoms with Gasteiger partial charge < -0.3 is 4.90 Å². The molecule has 0 unspecified atom stereocenters. The van der Waals surface area contributed by atoms with Gasteiger partial charge in [0.2, 0.25) is 0 Å². The number of hydrogen-bond acceptors (Lipinski definition) is 3.